The van der Waals surface area contributed by atoms with Gasteiger partial charge in [-0.05, 0) is 67.1 Å². The van der Waals surface area contributed by atoms with Gasteiger partial charge in [-0.25, -0.2) is 0 Å². The van der Waals surface area contributed by atoms with Crippen molar-refractivity contribution in [1.82, 2.24) is 0 Å². The zero-order valence-corrected chi connectivity index (χ0v) is 14.9. The van der Waals surface area contributed by atoms with Crippen molar-refractivity contribution in [2.45, 2.75) is 85.2 Å². The topological polar surface area (TPSA) is 40.5 Å². The summed E-state index contributed by atoms with van der Waals surface area (Å²) in [6.07, 6.45) is 9.17. The monoisotopic (exact) mass is 306 g/mol. The molecule has 3 aliphatic rings. The Morgan fingerprint density at radius 1 is 1.09 bits per heavy atom. The lowest BCUT2D eigenvalue weighted by molar-refractivity contribution is -0.0295. The third-order valence-corrected chi connectivity index (χ3v) is 7.62. The summed E-state index contributed by atoms with van der Waals surface area (Å²) in [5, 5.41) is 19.6. The predicted octanol–water partition coefficient (Wildman–Crippen LogP) is 4.45. The summed E-state index contributed by atoms with van der Waals surface area (Å²) in [7, 11) is 0. The van der Waals surface area contributed by atoms with Crippen LogP contribution in [-0.2, 0) is 0 Å². The third-order valence-electron chi connectivity index (χ3n) is 7.62. The SMILES string of the molecule is CC1(C)CCCC2(C)C3=C(CCC12)CC(C)(C(O)CO)CC3. The van der Waals surface area contributed by atoms with Crippen LogP contribution in [0.15, 0.2) is 11.1 Å². The van der Waals surface area contributed by atoms with Crippen LogP contribution >= 0.6 is 0 Å². The van der Waals surface area contributed by atoms with Crippen molar-refractivity contribution in [3.63, 3.8) is 0 Å². The van der Waals surface area contributed by atoms with Gasteiger partial charge in [0.1, 0.15) is 0 Å². The zero-order valence-electron chi connectivity index (χ0n) is 14.9. The number of hydrogen-bond donors (Lipinski definition) is 2. The van der Waals surface area contributed by atoms with E-state index in [4.69, 9.17) is 0 Å². The van der Waals surface area contributed by atoms with Crippen molar-refractivity contribution in [3.8, 4) is 0 Å². The number of allylic oxidation sites excluding steroid dienone is 2. The first kappa shape index (κ1) is 16.5. The van der Waals surface area contributed by atoms with Crippen molar-refractivity contribution in [2.24, 2.45) is 22.2 Å². The van der Waals surface area contributed by atoms with E-state index in [9.17, 15) is 10.2 Å². The second kappa shape index (κ2) is 5.34. The van der Waals surface area contributed by atoms with Gasteiger partial charge in [0.25, 0.3) is 0 Å². The van der Waals surface area contributed by atoms with Gasteiger partial charge >= 0.3 is 0 Å². The van der Waals surface area contributed by atoms with Crippen LogP contribution in [0.3, 0.4) is 0 Å². The number of hydrogen-bond acceptors (Lipinski definition) is 2. The molecule has 2 N–H and O–H groups in total. The van der Waals surface area contributed by atoms with E-state index < -0.39 is 6.10 Å². The fourth-order valence-corrected chi connectivity index (χ4v) is 6.21. The minimum Gasteiger partial charge on any atom is -0.394 e. The van der Waals surface area contributed by atoms with Gasteiger partial charge < -0.3 is 10.2 Å². The molecule has 1 saturated carbocycles. The normalized spacial score (nSPS) is 42.5. The first-order valence-electron chi connectivity index (χ1n) is 9.23. The molecular weight excluding hydrogens is 272 g/mol. The molecule has 4 unspecified atom stereocenters. The fraction of sp³-hybridized carbons (Fsp3) is 0.900. The van der Waals surface area contributed by atoms with Gasteiger partial charge in [0.2, 0.25) is 0 Å². The minimum atomic E-state index is -0.574. The van der Waals surface area contributed by atoms with Gasteiger partial charge in [0.15, 0.2) is 0 Å². The number of aliphatic hydroxyl groups is 2. The van der Waals surface area contributed by atoms with Crippen LogP contribution in [0.4, 0.5) is 0 Å². The zero-order chi connectivity index (χ0) is 16.2. The standard InChI is InChI=1S/C20H34O2/c1-18(2)9-5-10-20(4)15-8-11-19(3,17(22)13-21)12-14(15)6-7-16(18)20/h16-17,21-22H,5-13H2,1-4H3. The molecule has 0 aromatic heterocycles. The summed E-state index contributed by atoms with van der Waals surface area (Å²) < 4.78 is 0. The van der Waals surface area contributed by atoms with E-state index in [1.807, 2.05) is 0 Å². The molecule has 126 valence electrons. The summed E-state index contributed by atoms with van der Waals surface area (Å²) in [5.74, 6) is 0.819. The van der Waals surface area contributed by atoms with Gasteiger partial charge in [-0.2, -0.15) is 0 Å². The molecule has 0 aliphatic heterocycles. The highest BCUT2D eigenvalue weighted by Gasteiger charge is 2.52. The maximum atomic E-state index is 10.2. The molecule has 22 heavy (non-hydrogen) atoms. The molecule has 0 aromatic rings. The van der Waals surface area contributed by atoms with Crippen molar-refractivity contribution in [2.75, 3.05) is 6.61 Å². The Hall–Kier alpha value is -0.340. The average Bonchev–Trinajstić information content (AvgIpc) is 2.45. The summed E-state index contributed by atoms with van der Waals surface area (Å²) in [4.78, 5) is 0. The minimum absolute atomic E-state index is 0.105. The van der Waals surface area contributed by atoms with Crippen LogP contribution in [0, 0.1) is 22.2 Å². The first-order chi connectivity index (χ1) is 10.2. The molecular formula is C20H34O2. The molecule has 2 heteroatoms. The summed E-state index contributed by atoms with van der Waals surface area (Å²) >= 11 is 0. The average molecular weight is 306 g/mol. The highest BCUT2D eigenvalue weighted by molar-refractivity contribution is 5.31. The smallest absolute Gasteiger partial charge is 0.0827 e. The van der Waals surface area contributed by atoms with E-state index in [1.54, 1.807) is 11.1 Å². The van der Waals surface area contributed by atoms with E-state index in [2.05, 4.69) is 27.7 Å². The lowest BCUT2D eigenvalue weighted by Gasteiger charge is -2.57. The molecule has 3 rings (SSSR count). The predicted molar refractivity (Wildman–Crippen MR) is 90.5 cm³/mol. The molecule has 0 aromatic carbocycles. The van der Waals surface area contributed by atoms with Crippen LogP contribution in [0.1, 0.15) is 79.1 Å². The molecule has 0 radical (unpaired) electrons. The van der Waals surface area contributed by atoms with Crippen molar-refractivity contribution >= 4 is 0 Å². The Kier molecular flexibility index (Phi) is 4.01. The van der Waals surface area contributed by atoms with Crippen LogP contribution < -0.4 is 0 Å². The Balaban J connectivity index is 1.93. The quantitative estimate of drug-likeness (QED) is 0.740. The number of rotatable bonds is 2. The maximum Gasteiger partial charge on any atom is 0.0827 e. The lowest BCUT2D eigenvalue weighted by Crippen LogP contribution is -2.48. The number of fused-ring (bicyclic) bond motifs is 2. The second-order valence-corrected chi connectivity index (χ2v) is 9.46. The van der Waals surface area contributed by atoms with Crippen LogP contribution in [0.5, 0.6) is 0 Å². The lowest BCUT2D eigenvalue weighted by atomic mass is 9.48. The third kappa shape index (κ3) is 2.38. The molecule has 0 heterocycles. The van der Waals surface area contributed by atoms with Gasteiger partial charge in [-0.15, -0.1) is 0 Å². The second-order valence-electron chi connectivity index (χ2n) is 9.46. The van der Waals surface area contributed by atoms with Gasteiger partial charge in [0.05, 0.1) is 12.7 Å². The largest absolute Gasteiger partial charge is 0.394 e. The Labute approximate surface area is 136 Å². The Bertz CT molecular complexity index is 478. The highest BCUT2D eigenvalue weighted by Crippen LogP contribution is 2.63. The van der Waals surface area contributed by atoms with Gasteiger partial charge in [-0.3, -0.25) is 0 Å². The molecule has 0 saturated heterocycles. The van der Waals surface area contributed by atoms with E-state index >= 15 is 0 Å². The van der Waals surface area contributed by atoms with E-state index in [0.717, 1.165) is 25.2 Å². The van der Waals surface area contributed by atoms with E-state index in [-0.39, 0.29) is 12.0 Å². The molecule has 0 amide bonds. The molecule has 3 aliphatic carbocycles. The van der Waals surface area contributed by atoms with Crippen LogP contribution in [0.25, 0.3) is 0 Å². The molecule has 0 spiro atoms. The van der Waals surface area contributed by atoms with Crippen LogP contribution in [-0.4, -0.2) is 22.9 Å². The van der Waals surface area contributed by atoms with E-state index in [1.165, 1.54) is 32.1 Å². The van der Waals surface area contributed by atoms with E-state index in [0.29, 0.717) is 10.8 Å². The Morgan fingerprint density at radius 3 is 2.50 bits per heavy atom. The van der Waals surface area contributed by atoms with Gasteiger partial charge in [0, 0.05) is 0 Å². The highest BCUT2D eigenvalue weighted by atomic mass is 16.3. The molecule has 2 nitrogen and oxygen atoms in total. The Morgan fingerprint density at radius 2 is 1.82 bits per heavy atom. The molecule has 0 bridgehead atoms. The summed E-state index contributed by atoms with van der Waals surface area (Å²) in [6, 6.07) is 0. The molecule has 4 atom stereocenters. The van der Waals surface area contributed by atoms with Crippen molar-refractivity contribution in [3.05, 3.63) is 11.1 Å². The fourth-order valence-electron chi connectivity index (χ4n) is 6.21. The van der Waals surface area contributed by atoms with Crippen molar-refractivity contribution in [1.29, 1.82) is 0 Å². The summed E-state index contributed by atoms with van der Waals surface area (Å²) in [6.45, 7) is 9.54. The molecule has 1 fully saturated rings. The first-order valence-corrected chi connectivity index (χ1v) is 9.23. The maximum absolute atomic E-state index is 10.2. The van der Waals surface area contributed by atoms with Crippen LogP contribution in [0.2, 0.25) is 0 Å². The van der Waals surface area contributed by atoms with Crippen molar-refractivity contribution < 1.29 is 10.2 Å². The summed E-state index contributed by atoms with van der Waals surface area (Å²) in [5.41, 5.74) is 4.09. The van der Waals surface area contributed by atoms with Gasteiger partial charge in [-0.1, -0.05) is 45.3 Å². The number of aliphatic hydroxyl groups excluding tert-OH is 2.